The van der Waals surface area contributed by atoms with Crippen LogP contribution in [-0.4, -0.2) is 15.8 Å². The van der Waals surface area contributed by atoms with E-state index in [1.54, 1.807) is 12.3 Å². The number of hydrogen-bond donors (Lipinski definition) is 1. The van der Waals surface area contributed by atoms with Crippen molar-refractivity contribution in [1.29, 1.82) is 0 Å². The van der Waals surface area contributed by atoms with E-state index in [1.807, 2.05) is 0 Å². The topological polar surface area (TPSA) is 46.9 Å². The summed E-state index contributed by atoms with van der Waals surface area (Å²) in [6.07, 6.45) is 10.9. The molecule has 1 heterocycles. The predicted molar refractivity (Wildman–Crippen MR) is 90.7 cm³/mol. The molecule has 116 valence electrons. The van der Waals surface area contributed by atoms with Gasteiger partial charge >= 0.3 is 0 Å². The first-order chi connectivity index (χ1) is 10.2. The second-order valence-electron chi connectivity index (χ2n) is 5.80. The van der Waals surface area contributed by atoms with Crippen molar-refractivity contribution in [3.63, 3.8) is 0 Å². The summed E-state index contributed by atoms with van der Waals surface area (Å²) < 4.78 is 1.97. The van der Waals surface area contributed by atoms with E-state index in [0.29, 0.717) is 17.1 Å². The molecule has 5 heteroatoms. The average molecular weight is 354 g/mol. The molecule has 0 aromatic carbocycles. The lowest BCUT2D eigenvalue weighted by Gasteiger charge is -2.29. The predicted octanol–water partition coefficient (Wildman–Crippen LogP) is 3.96. The molecule has 0 unspecified atom stereocenters. The summed E-state index contributed by atoms with van der Waals surface area (Å²) >= 11 is 3.39. The van der Waals surface area contributed by atoms with Crippen molar-refractivity contribution in [2.24, 2.45) is 5.92 Å². The average Bonchev–Trinajstić information content (AvgIpc) is 2.49. The van der Waals surface area contributed by atoms with Gasteiger partial charge in [-0.1, -0.05) is 25.8 Å². The largest absolute Gasteiger partial charge is 0.380 e. The second kappa shape index (κ2) is 7.78. The van der Waals surface area contributed by atoms with E-state index in [4.69, 9.17) is 0 Å². The SMILES string of the molecule is C=CCn1ncc(NC2CCC(CCC)CC2)c(Br)c1=O. The summed E-state index contributed by atoms with van der Waals surface area (Å²) in [5, 5.41) is 7.65. The molecule has 0 aliphatic heterocycles. The molecule has 0 amide bonds. The molecule has 1 aromatic heterocycles. The lowest BCUT2D eigenvalue weighted by molar-refractivity contribution is 0.319. The third kappa shape index (κ3) is 4.19. The van der Waals surface area contributed by atoms with Gasteiger partial charge in [0.15, 0.2) is 0 Å². The lowest BCUT2D eigenvalue weighted by Crippen LogP contribution is -2.29. The molecule has 0 atom stereocenters. The molecule has 1 N–H and O–H groups in total. The Morgan fingerprint density at radius 1 is 1.48 bits per heavy atom. The number of rotatable bonds is 6. The first-order valence-electron chi connectivity index (χ1n) is 7.78. The fourth-order valence-corrected chi connectivity index (χ4v) is 3.46. The van der Waals surface area contributed by atoms with Crippen LogP contribution < -0.4 is 10.9 Å². The van der Waals surface area contributed by atoms with Gasteiger partial charge in [0, 0.05) is 6.04 Å². The van der Waals surface area contributed by atoms with Gasteiger partial charge < -0.3 is 5.32 Å². The van der Waals surface area contributed by atoms with Crippen LogP contribution >= 0.6 is 15.9 Å². The Hall–Kier alpha value is -1.10. The minimum absolute atomic E-state index is 0.112. The van der Waals surface area contributed by atoms with Crippen molar-refractivity contribution in [2.75, 3.05) is 5.32 Å². The monoisotopic (exact) mass is 353 g/mol. The van der Waals surface area contributed by atoms with Gasteiger partial charge in [0.25, 0.3) is 5.56 Å². The first kappa shape index (κ1) is 16.3. The summed E-state index contributed by atoms with van der Waals surface area (Å²) in [6, 6.07) is 0.450. The van der Waals surface area contributed by atoms with E-state index in [1.165, 1.54) is 43.2 Å². The second-order valence-corrected chi connectivity index (χ2v) is 6.59. The fourth-order valence-electron chi connectivity index (χ4n) is 3.04. The third-order valence-corrected chi connectivity index (χ3v) is 4.96. The molecule has 0 saturated heterocycles. The van der Waals surface area contributed by atoms with Crippen molar-refractivity contribution in [1.82, 2.24) is 9.78 Å². The highest BCUT2D eigenvalue weighted by Crippen LogP contribution is 2.30. The molecule has 1 saturated carbocycles. The van der Waals surface area contributed by atoms with E-state index in [0.717, 1.165) is 11.6 Å². The third-order valence-electron chi connectivity index (χ3n) is 4.19. The Kier molecular flexibility index (Phi) is 6.03. The maximum absolute atomic E-state index is 12.1. The highest BCUT2D eigenvalue weighted by atomic mass is 79.9. The van der Waals surface area contributed by atoms with Gasteiger partial charge in [0.05, 0.1) is 18.4 Å². The zero-order chi connectivity index (χ0) is 15.2. The summed E-state index contributed by atoms with van der Waals surface area (Å²) in [6.45, 7) is 6.32. The van der Waals surface area contributed by atoms with Crippen molar-refractivity contribution in [3.8, 4) is 0 Å². The van der Waals surface area contributed by atoms with Gasteiger partial charge in [-0.3, -0.25) is 4.79 Å². The molecule has 2 rings (SSSR count). The van der Waals surface area contributed by atoms with Crippen LogP contribution in [0.25, 0.3) is 0 Å². The summed E-state index contributed by atoms with van der Waals surface area (Å²) in [5.74, 6) is 0.884. The van der Waals surface area contributed by atoms with Gasteiger partial charge in [0.2, 0.25) is 0 Å². The Labute approximate surface area is 134 Å². The molecule has 1 aromatic rings. The molecule has 0 radical (unpaired) electrons. The van der Waals surface area contributed by atoms with Crippen molar-refractivity contribution >= 4 is 21.6 Å². The number of anilines is 1. The summed E-state index contributed by atoms with van der Waals surface area (Å²) in [4.78, 5) is 12.1. The molecule has 1 fully saturated rings. The maximum atomic E-state index is 12.1. The Bertz CT molecular complexity index is 533. The van der Waals surface area contributed by atoms with E-state index < -0.39 is 0 Å². The summed E-state index contributed by atoms with van der Waals surface area (Å²) in [7, 11) is 0. The minimum atomic E-state index is -0.112. The zero-order valence-electron chi connectivity index (χ0n) is 12.6. The van der Waals surface area contributed by atoms with Crippen molar-refractivity contribution < 1.29 is 0 Å². The minimum Gasteiger partial charge on any atom is -0.380 e. The zero-order valence-corrected chi connectivity index (χ0v) is 14.2. The van der Waals surface area contributed by atoms with Gasteiger partial charge in [-0.2, -0.15) is 5.10 Å². The number of nitrogens with zero attached hydrogens (tertiary/aromatic N) is 2. The van der Waals surface area contributed by atoms with E-state index in [2.05, 4.69) is 39.8 Å². The smallest absolute Gasteiger partial charge is 0.283 e. The van der Waals surface area contributed by atoms with Crippen LogP contribution in [0.2, 0.25) is 0 Å². The molecule has 1 aliphatic rings. The number of hydrogen-bond acceptors (Lipinski definition) is 3. The molecule has 4 nitrogen and oxygen atoms in total. The summed E-state index contributed by atoms with van der Waals surface area (Å²) in [5.41, 5.74) is 0.693. The molecule has 21 heavy (non-hydrogen) atoms. The van der Waals surface area contributed by atoms with Gasteiger partial charge in [-0.25, -0.2) is 4.68 Å². The number of aromatic nitrogens is 2. The van der Waals surface area contributed by atoms with Gasteiger partial charge in [-0.05, 0) is 47.5 Å². The molecule has 0 spiro atoms. The maximum Gasteiger partial charge on any atom is 0.283 e. The lowest BCUT2D eigenvalue weighted by atomic mass is 9.83. The Morgan fingerprint density at radius 2 is 2.19 bits per heavy atom. The Morgan fingerprint density at radius 3 is 2.81 bits per heavy atom. The number of halogens is 1. The Balaban J connectivity index is 1.99. The van der Waals surface area contributed by atoms with Crippen LogP contribution in [0.1, 0.15) is 45.4 Å². The van der Waals surface area contributed by atoms with Crippen molar-refractivity contribution in [3.05, 3.63) is 33.7 Å². The van der Waals surface area contributed by atoms with Crippen LogP contribution in [0.5, 0.6) is 0 Å². The van der Waals surface area contributed by atoms with Crippen molar-refractivity contribution in [2.45, 2.75) is 58.0 Å². The van der Waals surface area contributed by atoms with Crippen LogP contribution in [0, 0.1) is 5.92 Å². The van der Waals surface area contributed by atoms with Gasteiger partial charge in [-0.15, -0.1) is 6.58 Å². The normalized spacial score (nSPS) is 22.0. The number of nitrogens with one attached hydrogen (secondary N) is 1. The van der Waals surface area contributed by atoms with Crippen LogP contribution in [-0.2, 0) is 6.54 Å². The highest BCUT2D eigenvalue weighted by molar-refractivity contribution is 9.10. The molecular weight excluding hydrogens is 330 g/mol. The van der Waals surface area contributed by atoms with Crippen LogP contribution in [0.4, 0.5) is 5.69 Å². The molecular formula is C16H24BrN3O. The van der Waals surface area contributed by atoms with Crippen LogP contribution in [0.3, 0.4) is 0 Å². The van der Waals surface area contributed by atoms with E-state index >= 15 is 0 Å². The fraction of sp³-hybridized carbons (Fsp3) is 0.625. The van der Waals surface area contributed by atoms with Crippen LogP contribution in [0.15, 0.2) is 28.1 Å². The standard InChI is InChI=1S/C16H24BrN3O/c1-3-5-12-6-8-13(9-7-12)19-14-11-18-20(10-4-2)16(21)15(14)17/h4,11-13,19H,2-3,5-10H2,1H3. The molecule has 1 aliphatic carbocycles. The highest BCUT2D eigenvalue weighted by Gasteiger charge is 2.21. The first-order valence-corrected chi connectivity index (χ1v) is 8.58. The van der Waals surface area contributed by atoms with Gasteiger partial charge in [0.1, 0.15) is 4.47 Å². The quantitative estimate of drug-likeness (QED) is 0.787. The molecule has 0 bridgehead atoms. The number of allylic oxidation sites excluding steroid dienone is 1. The van der Waals surface area contributed by atoms with E-state index in [9.17, 15) is 4.79 Å². The van der Waals surface area contributed by atoms with E-state index in [-0.39, 0.29) is 5.56 Å².